The molecule has 1 amide bonds. The zero-order valence-electron chi connectivity index (χ0n) is 11.4. The lowest BCUT2D eigenvalue weighted by Crippen LogP contribution is -2.43. The Morgan fingerprint density at radius 1 is 1.33 bits per heavy atom. The molecule has 1 rings (SSSR count). The number of hydrogen-bond donors (Lipinski definition) is 2. The highest BCUT2D eigenvalue weighted by Gasteiger charge is 2.15. The highest BCUT2D eigenvalue weighted by atomic mass is 16.2. The quantitative estimate of drug-likeness (QED) is 0.756. The van der Waals surface area contributed by atoms with E-state index in [1.165, 1.54) is 11.1 Å². The van der Waals surface area contributed by atoms with Crippen LogP contribution in [0, 0.1) is 6.92 Å². The molecule has 0 fully saturated rings. The van der Waals surface area contributed by atoms with Crippen molar-refractivity contribution in [1.29, 1.82) is 0 Å². The van der Waals surface area contributed by atoms with Crippen molar-refractivity contribution in [2.75, 3.05) is 6.54 Å². The molecule has 18 heavy (non-hydrogen) atoms. The van der Waals surface area contributed by atoms with Gasteiger partial charge in [0, 0.05) is 12.6 Å². The molecule has 0 bridgehead atoms. The summed E-state index contributed by atoms with van der Waals surface area (Å²) in [6.07, 6.45) is 1.67. The van der Waals surface area contributed by atoms with E-state index in [0.29, 0.717) is 6.54 Å². The van der Waals surface area contributed by atoms with Crippen molar-refractivity contribution in [3.05, 3.63) is 48.0 Å². The van der Waals surface area contributed by atoms with E-state index in [0.717, 1.165) is 0 Å². The molecule has 98 valence electrons. The van der Waals surface area contributed by atoms with Crippen LogP contribution in [0.25, 0.3) is 0 Å². The van der Waals surface area contributed by atoms with Crippen molar-refractivity contribution in [2.45, 2.75) is 32.9 Å². The van der Waals surface area contributed by atoms with Crippen LogP contribution in [0.5, 0.6) is 0 Å². The number of nitrogens with one attached hydrogen (secondary N) is 2. The van der Waals surface area contributed by atoms with Gasteiger partial charge in [0.05, 0.1) is 6.04 Å². The molecule has 1 aromatic carbocycles. The van der Waals surface area contributed by atoms with E-state index in [4.69, 9.17) is 0 Å². The van der Waals surface area contributed by atoms with Gasteiger partial charge in [0.25, 0.3) is 0 Å². The summed E-state index contributed by atoms with van der Waals surface area (Å²) in [6.45, 7) is 10.1. The summed E-state index contributed by atoms with van der Waals surface area (Å²) in [5.74, 6) is -0.00568. The molecule has 0 aromatic heterocycles. The summed E-state index contributed by atoms with van der Waals surface area (Å²) >= 11 is 0. The molecule has 0 aliphatic rings. The van der Waals surface area contributed by atoms with E-state index < -0.39 is 0 Å². The van der Waals surface area contributed by atoms with Crippen molar-refractivity contribution < 1.29 is 4.79 Å². The van der Waals surface area contributed by atoms with Gasteiger partial charge in [-0.25, -0.2) is 0 Å². The predicted molar refractivity (Wildman–Crippen MR) is 75.4 cm³/mol. The molecule has 1 aromatic rings. The largest absolute Gasteiger partial charge is 0.351 e. The van der Waals surface area contributed by atoms with Gasteiger partial charge in [0.1, 0.15) is 0 Å². The van der Waals surface area contributed by atoms with Gasteiger partial charge in [-0.3, -0.25) is 10.1 Å². The van der Waals surface area contributed by atoms with Gasteiger partial charge in [-0.2, -0.15) is 0 Å². The maximum Gasteiger partial charge on any atom is 0.237 e. The second kappa shape index (κ2) is 6.97. The van der Waals surface area contributed by atoms with Gasteiger partial charge in [-0.05, 0) is 26.3 Å². The summed E-state index contributed by atoms with van der Waals surface area (Å²) in [5.41, 5.74) is 2.42. The Morgan fingerprint density at radius 3 is 2.50 bits per heavy atom. The molecule has 0 saturated carbocycles. The Kier molecular flexibility index (Phi) is 5.59. The lowest BCUT2D eigenvalue weighted by atomic mass is 10.1. The van der Waals surface area contributed by atoms with Crippen molar-refractivity contribution in [2.24, 2.45) is 0 Å². The van der Waals surface area contributed by atoms with Gasteiger partial charge < -0.3 is 5.32 Å². The molecule has 0 aliphatic heterocycles. The fraction of sp³-hybridized carbons (Fsp3) is 0.400. The van der Waals surface area contributed by atoms with E-state index in [2.05, 4.69) is 55.3 Å². The van der Waals surface area contributed by atoms with Crippen LogP contribution >= 0.6 is 0 Å². The third kappa shape index (κ3) is 4.34. The van der Waals surface area contributed by atoms with Crippen LogP contribution in [0.2, 0.25) is 0 Å². The minimum Gasteiger partial charge on any atom is -0.351 e. The Morgan fingerprint density at radius 2 is 1.94 bits per heavy atom. The van der Waals surface area contributed by atoms with Crippen LogP contribution in [-0.2, 0) is 4.79 Å². The van der Waals surface area contributed by atoms with Crippen LogP contribution < -0.4 is 10.6 Å². The van der Waals surface area contributed by atoms with E-state index in [-0.39, 0.29) is 18.0 Å². The van der Waals surface area contributed by atoms with Crippen LogP contribution in [-0.4, -0.2) is 18.5 Å². The topological polar surface area (TPSA) is 41.1 Å². The summed E-state index contributed by atoms with van der Waals surface area (Å²) < 4.78 is 0. The molecular formula is C15H22N2O. The van der Waals surface area contributed by atoms with E-state index in [1.54, 1.807) is 6.08 Å². The Labute approximate surface area is 109 Å². The van der Waals surface area contributed by atoms with Crippen LogP contribution in [0.3, 0.4) is 0 Å². The second-order valence-corrected chi connectivity index (χ2v) is 4.55. The van der Waals surface area contributed by atoms with Gasteiger partial charge in [-0.15, -0.1) is 6.58 Å². The van der Waals surface area contributed by atoms with Gasteiger partial charge in [0.2, 0.25) is 5.91 Å². The van der Waals surface area contributed by atoms with Gasteiger partial charge in [0.15, 0.2) is 0 Å². The SMILES string of the molecule is C=CCNC(=O)C(C)N[C@H](C)c1ccc(C)cc1. The standard InChI is InChI=1S/C15H22N2O/c1-5-10-16-15(18)13(4)17-12(3)14-8-6-11(2)7-9-14/h5-9,12-13,17H,1,10H2,2-4H3,(H,16,18)/t12-,13?/m1/s1. The zero-order chi connectivity index (χ0) is 13.5. The van der Waals surface area contributed by atoms with Gasteiger partial charge >= 0.3 is 0 Å². The first-order valence-corrected chi connectivity index (χ1v) is 6.25. The number of amides is 1. The number of carbonyl (C=O) groups excluding carboxylic acids is 1. The third-order valence-electron chi connectivity index (χ3n) is 2.89. The van der Waals surface area contributed by atoms with Crippen LogP contribution in [0.15, 0.2) is 36.9 Å². The number of carbonyl (C=O) groups is 1. The molecule has 3 heteroatoms. The smallest absolute Gasteiger partial charge is 0.237 e. The van der Waals surface area contributed by atoms with Gasteiger partial charge in [-0.1, -0.05) is 35.9 Å². The minimum absolute atomic E-state index is 0.00568. The van der Waals surface area contributed by atoms with E-state index >= 15 is 0 Å². The average Bonchev–Trinajstić information content (AvgIpc) is 2.36. The highest BCUT2D eigenvalue weighted by molar-refractivity contribution is 5.81. The monoisotopic (exact) mass is 246 g/mol. The first-order valence-electron chi connectivity index (χ1n) is 6.25. The van der Waals surface area contributed by atoms with Crippen molar-refractivity contribution in [3.8, 4) is 0 Å². The average molecular weight is 246 g/mol. The van der Waals surface area contributed by atoms with E-state index in [1.807, 2.05) is 6.92 Å². The molecule has 2 atom stereocenters. The Bertz CT molecular complexity index is 397. The number of aryl methyl sites for hydroxylation is 1. The molecular weight excluding hydrogens is 224 g/mol. The molecule has 0 radical (unpaired) electrons. The minimum atomic E-state index is -0.221. The van der Waals surface area contributed by atoms with Crippen molar-refractivity contribution in [3.63, 3.8) is 0 Å². The zero-order valence-corrected chi connectivity index (χ0v) is 11.4. The van der Waals surface area contributed by atoms with Crippen molar-refractivity contribution >= 4 is 5.91 Å². The summed E-state index contributed by atoms with van der Waals surface area (Å²) in [5, 5.41) is 6.06. The van der Waals surface area contributed by atoms with Crippen molar-refractivity contribution in [1.82, 2.24) is 10.6 Å². The molecule has 0 spiro atoms. The molecule has 0 heterocycles. The lowest BCUT2D eigenvalue weighted by molar-refractivity contribution is -0.122. The Hall–Kier alpha value is -1.61. The first kappa shape index (κ1) is 14.5. The maximum atomic E-state index is 11.7. The highest BCUT2D eigenvalue weighted by Crippen LogP contribution is 2.13. The Balaban J connectivity index is 2.53. The number of rotatable bonds is 6. The number of hydrogen-bond acceptors (Lipinski definition) is 2. The maximum absolute atomic E-state index is 11.7. The summed E-state index contributed by atoms with van der Waals surface area (Å²) in [6, 6.07) is 8.26. The molecule has 0 saturated heterocycles. The second-order valence-electron chi connectivity index (χ2n) is 4.55. The fourth-order valence-corrected chi connectivity index (χ4v) is 1.73. The first-order chi connectivity index (χ1) is 8.54. The molecule has 3 nitrogen and oxygen atoms in total. The third-order valence-corrected chi connectivity index (χ3v) is 2.89. The molecule has 1 unspecified atom stereocenters. The van der Waals surface area contributed by atoms with Crippen LogP contribution in [0.1, 0.15) is 31.0 Å². The van der Waals surface area contributed by atoms with E-state index in [9.17, 15) is 4.79 Å². The predicted octanol–water partition coefficient (Wildman–Crippen LogP) is 2.34. The molecule has 2 N–H and O–H groups in total. The fourth-order valence-electron chi connectivity index (χ4n) is 1.73. The summed E-state index contributed by atoms with van der Waals surface area (Å²) in [4.78, 5) is 11.7. The normalized spacial score (nSPS) is 13.7. The summed E-state index contributed by atoms with van der Waals surface area (Å²) in [7, 11) is 0. The van der Waals surface area contributed by atoms with Crippen LogP contribution in [0.4, 0.5) is 0 Å². The lowest BCUT2D eigenvalue weighted by Gasteiger charge is -2.19. The number of benzene rings is 1. The molecule has 0 aliphatic carbocycles.